The predicted molar refractivity (Wildman–Crippen MR) is 56.4 cm³/mol. The number of hydrogen-bond acceptors (Lipinski definition) is 2. The van der Waals surface area contributed by atoms with Gasteiger partial charge < -0.3 is 10.6 Å². The van der Waals surface area contributed by atoms with Gasteiger partial charge in [0.05, 0.1) is 0 Å². The summed E-state index contributed by atoms with van der Waals surface area (Å²) in [5.41, 5.74) is 5.16. The Labute approximate surface area is 85.6 Å². The molecule has 0 aliphatic carbocycles. The summed E-state index contributed by atoms with van der Waals surface area (Å²) in [4.78, 5) is 13.1. The van der Waals surface area contributed by atoms with Crippen LogP contribution in [0.2, 0.25) is 0 Å². The van der Waals surface area contributed by atoms with E-state index in [1.54, 1.807) is 0 Å². The van der Waals surface area contributed by atoms with E-state index in [0.29, 0.717) is 12.3 Å². The molecule has 0 saturated carbocycles. The smallest absolute Gasteiger partial charge is 0.217 e. The first-order valence-corrected chi connectivity index (χ1v) is 5.16. The van der Waals surface area contributed by atoms with Crippen LogP contribution in [0.15, 0.2) is 0 Å². The molecule has 14 heavy (non-hydrogen) atoms. The van der Waals surface area contributed by atoms with Crippen LogP contribution in [0.25, 0.3) is 0 Å². The van der Waals surface area contributed by atoms with Gasteiger partial charge in [0.25, 0.3) is 0 Å². The molecule has 0 aromatic heterocycles. The van der Waals surface area contributed by atoms with Crippen LogP contribution in [0, 0.1) is 18.3 Å². The van der Waals surface area contributed by atoms with Gasteiger partial charge in [0, 0.05) is 19.4 Å². The van der Waals surface area contributed by atoms with Gasteiger partial charge in [-0.1, -0.05) is 0 Å². The zero-order valence-electron chi connectivity index (χ0n) is 8.54. The average Bonchev–Trinajstić information content (AvgIpc) is 2.16. The van der Waals surface area contributed by atoms with E-state index in [4.69, 9.17) is 12.2 Å². The molecule has 0 radical (unpaired) electrons. The highest BCUT2D eigenvalue weighted by molar-refractivity contribution is 5.73. The number of likely N-dealkylation sites (tertiary alicyclic amines) is 1. The third-order valence-electron chi connectivity index (χ3n) is 2.77. The summed E-state index contributed by atoms with van der Waals surface area (Å²) < 4.78 is 0. The Morgan fingerprint density at radius 1 is 1.50 bits per heavy atom. The van der Waals surface area contributed by atoms with Gasteiger partial charge in [-0.3, -0.25) is 4.79 Å². The molecule has 1 aliphatic heterocycles. The second-order valence-corrected chi connectivity index (χ2v) is 3.91. The summed E-state index contributed by atoms with van der Waals surface area (Å²) in [6.07, 6.45) is 8.72. The zero-order chi connectivity index (χ0) is 10.4. The number of carbonyl (C=O) groups excluding carboxylic acids is 1. The highest BCUT2D eigenvalue weighted by Gasteiger charge is 2.19. The minimum absolute atomic E-state index is 0.174. The third-order valence-corrected chi connectivity index (χ3v) is 2.77. The third kappa shape index (κ3) is 3.80. The SMILES string of the molecule is C#CCCN1CCC(CC(N)=O)CC1. The number of primary amides is 1. The summed E-state index contributed by atoms with van der Waals surface area (Å²) in [5, 5.41) is 0. The monoisotopic (exact) mass is 194 g/mol. The molecule has 3 nitrogen and oxygen atoms in total. The van der Waals surface area contributed by atoms with Crippen molar-refractivity contribution in [1.82, 2.24) is 4.90 Å². The predicted octanol–water partition coefficient (Wildman–Crippen LogP) is 0.597. The van der Waals surface area contributed by atoms with Crippen LogP contribution in [0.3, 0.4) is 0 Å². The molecule has 3 heteroatoms. The maximum atomic E-state index is 10.7. The quantitative estimate of drug-likeness (QED) is 0.666. The van der Waals surface area contributed by atoms with Gasteiger partial charge in [-0.2, -0.15) is 0 Å². The van der Waals surface area contributed by atoms with Crippen LogP contribution in [-0.2, 0) is 4.79 Å². The normalized spacial score (nSPS) is 19.1. The fourth-order valence-corrected chi connectivity index (χ4v) is 1.92. The van der Waals surface area contributed by atoms with Crippen LogP contribution in [0.5, 0.6) is 0 Å². The number of rotatable bonds is 4. The Hall–Kier alpha value is -1.01. The number of terminal acetylenes is 1. The Bertz CT molecular complexity index is 224. The van der Waals surface area contributed by atoms with Crippen molar-refractivity contribution in [2.45, 2.75) is 25.7 Å². The lowest BCUT2D eigenvalue weighted by Crippen LogP contribution is -2.35. The highest BCUT2D eigenvalue weighted by Crippen LogP contribution is 2.19. The number of amides is 1. The molecule has 1 saturated heterocycles. The number of nitrogens with two attached hydrogens (primary N) is 1. The molecule has 0 aromatic rings. The van der Waals surface area contributed by atoms with Crippen molar-refractivity contribution < 1.29 is 4.79 Å². The molecule has 78 valence electrons. The number of nitrogens with zero attached hydrogens (tertiary/aromatic N) is 1. The first kappa shape index (κ1) is 11.1. The van der Waals surface area contributed by atoms with Gasteiger partial charge in [-0.25, -0.2) is 0 Å². The van der Waals surface area contributed by atoms with Crippen LogP contribution in [0.4, 0.5) is 0 Å². The van der Waals surface area contributed by atoms with Crippen LogP contribution >= 0.6 is 0 Å². The topological polar surface area (TPSA) is 46.3 Å². The molecule has 0 atom stereocenters. The Morgan fingerprint density at radius 3 is 2.64 bits per heavy atom. The Kier molecular flexibility index (Phi) is 4.48. The Balaban J connectivity index is 2.18. The maximum absolute atomic E-state index is 10.7. The van der Waals surface area contributed by atoms with Crippen LogP contribution in [-0.4, -0.2) is 30.4 Å². The molecule has 1 fully saturated rings. The molecule has 0 unspecified atom stereocenters. The van der Waals surface area contributed by atoms with Crippen molar-refractivity contribution in [2.24, 2.45) is 11.7 Å². The van der Waals surface area contributed by atoms with Crippen molar-refractivity contribution in [3.8, 4) is 12.3 Å². The molecule has 1 aliphatic rings. The van der Waals surface area contributed by atoms with E-state index in [2.05, 4.69) is 10.8 Å². The molecule has 1 rings (SSSR count). The fourth-order valence-electron chi connectivity index (χ4n) is 1.92. The van der Waals surface area contributed by atoms with E-state index in [-0.39, 0.29) is 5.91 Å². The molecule has 2 N–H and O–H groups in total. The summed E-state index contributed by atoms with van der Waals surface area (Å²) >= 11 is 0. The van der Waals surface area contributed by atoms with E-state index in [1.165, 1.54) is 0 Å². The molecule has 0 aromatic carbocycles. The number of hydrogen-bond donors (Lipinski definition) is 1. The van der Waals surface area contributed by atoms with Gasteiger partial charge in [0.1, 0.15) is 0 Å². The molecule has 0 spiro atoms. The summed E-state index contributed by atoms with van der Waals surface area (Å²) in [6.45, 7) is 3.10. The lowest BCUT2D eigenvalue weighted by molar-refractivity contribution is -0.119. The number of piperidine rings is 1. The lowest BCUT2D eigenvalue weighted by atomic mass is 9.93. The second-order valence-electron chi connectivity index (χ2n) is 3.91. The van der Waals surface area contributed by atoms with Crippen molar-refractivity contribution in [1.29, 1.82) is 0 Å². The van der Waals surface area contributed by atoms with Crippen LogP contribution in [0.1, 0.15) is 25.7 Å². The van der Waals surface area contributed by atoms with E-state index < -0.39 is 0 Å². The summed E-state index contributed by atoms with van der Waals surface area (Å²) in [7, 11) is 0. The first-order valence-electron chi connectivity index (χ1n) is 5.16. The maximum Gasteiger partial charge on any atom is 0.217 e. The highest BCUT2D eigenvalue weighted by atomic mass is 16.1. The van der Waals surface area contributed by atoms with Crippen molar-refractivity contribution in [3.05, 3.63) is 0 Å². The molecule has 1 amide bonds. The van der Waals surface area contributed by atoms with Crippen molar-refractivity contribution in [3.63, 3.8) is 0 Å². The minimum Gasteiger partial charge on any atom is -0.370 e. The van der Waals surface area contributed by atoms with Gasteiger partial charge in [-0.15, -0.1) is 12.3 Å². The van der Waals surface area contributed by atoms with E-state index in [9.17, 15) is 4.79 Å². The van der Waals surface area contributed by atoms with Crippen molar-refractivity contribution in [2.75, 3.05) is 19.6 Å². The molecular formula is C11H18N2O. The largest absolute Gasteiger partial charge is 0.370 e. The summed E-state index contributed by atoms with van der Waals surface area (Å²) in [6, 6.07) is 0. The average molecular weight is 194 g/mol. The molecular weight excluding hydrogens is 176 g/mol. The van der Waals surface area contributed by atoms with Gasteiger partial charge in [-0.05, 0) is 31.8 Å². The second kappa shape index (κ2) is 5.66. The minimum atomic E-state index is -0.174. The standard InChI is InChI=1S/C11H18N2O/c1-2-3-6-13-7-4-10(5-8-13)9-11(12)14/h1,10H,3-9H2,(H2,12,14). The van der Waals surface area contributed by atoms with Gasteiger partial charge >= 0.3 is 0 Å². The Morgan fingerprint density at radius 2 is 2.14 bits per heavy atom. The zero-order valence-corrected chi connectivity index (χ0v) is 8.54. The van der Waals surface area contributed by atoms with E-state index in [0.717, 1.165) is 38.9 Å². The number of carbonyl (C=O) groups is 1. The van der Waals surface area contributed by atoms with E-state index >= 15 is 0 Å². The summed E-state index contributed by atoms with van der Waals surface area (Å²) in [5.74, 6) is 2.96. The lowest BCUT2D eigenvalue weighted by Gasteiger charge is -2.30. The first-order chi connectivity index (χ1) is 6.72. The fraction of sp³-hybridized carbons (Fsp3) is 0.727. The van der Waals surface area contributed by atoms with Gasteiger partial charge in [0.2, 0.25) is 5.91 Å². The van der Waals surface area contributed by atoms with Crippen molar-refractivity contribution >= 4 is 5.91 Å². The molecule has 0 bridgehead atoms. The van der Waals surface area contributed by atoms with E-state index in [1.807, 2.05) is 0 Å². The molecule has 1 heterocycles. The van der Waals surface area contributed by atoms with Crippen LogP contribution < -0.4 is 5.73 Å². The van der Waals surface area contributed by atoms with Gasteiger partial charge in [0.15, 0.2) is 0 Å².